The summed E-state index contributed by atoms with van der Waals surface area (Å²) in [6.45, 7) is 6.10. The van der Waals surface area contributed by atoms with Crippen molar-refractivity contribution in [2.24, 2.45) is 0 Å². The topological polar surface area (TPSA) is 47.0 Å². The lowest BCUT2D eigenvalue weighted by molar-refractivity contribution is -0.135. The first-order chi connectivity index (χ1) is 12.5. The number of aromatic hydroxyl groups is 1. The molecular weight excluding hydrogens is 326 g/mol. The first-order valence-electron chi connectivity index (χ1n) is 9.11. The quantitative estimate of drug-likeness (QED) is 0.897. The first-order valence-corrected chi connectivity index (χ1v) is 9.11. The summed E-state index contributed by atoms with van der Waals surface area (Å²) in [5.74, 6) is 0.444. The number of piperazine rings is 1. The predicted octanol–water partition coefficient (Wildman–Crippen LogP) is 2.56. The standard InChI is InChI=1S/C21H27N3O2/c1-17(21(26)22(2)16-18-6-4-3-5-7-18)23-12-14-24(15-13-23)19-8-10-20(25)11-9-19/h3-11,17,25H,12-16H2,1-2H3. The predicted molar refractivity (Wildman–Crippen MR) is 104 cm³/mol. The number of phenolic OH excluding ortho intramolecular Hbond substituents is 1. The van der Waals surface area contributed by atoms with E-state index >= 15 is 0 Å². The molecule has 2 aromatic rings. The van der Waals surface area contributed by atoms with Gasteiger partial charge in [0, 0.05) is 45.5 Å². The molecule has 1 aliphatic rings. The fourth-order valence-electron chi connectivity index (χ4n) is 3.44. The highest BCUT2D eigenvalue weighted by Gasteiger charge is 2.27. The average molecular weight is 353 g/mol. The number of rotatable bonds is 5. The van der Waals surface area contributed by atoms with Crippen LogP contribution in [0.15, 0.2) is 54.6 Å². The van der Waals surface area contributed by atoms with Gasteiger partial charge >= 0.3 is 0 Å². The number of carbonyl (C=O) groups is 1. The van der Waals surface area contributed by atoms with Crippen molar-refractivity contribution >= 4 is 11.6 Å². The maximum Gasteiger partial charge on any atom is 0.239 e. The molecule has 0 saturated carbocycles. The minimum absolute atomic E-state index is 0.120. The molecule has 0 aliphatic carbocycles. The van der Waals surface area contributed by atoms with E-state index in [1.807, 2.05) is 61.3 Å². The number of anilines is 1. The summed E-state index contributed by atoms with van der Waals surface area (Å²) in [6, 6.07) is 17.3. The van der Waals surface area contributed by atoms with Crippen molar-refractivity contribution in [1.29, 1.82) is 0 Å². The fraction of sp³-hybridized carbons (Fsp3) is 0.381. The summed E-state index contributed by atoms with van der Waals surface area (Å²) in [7, 11) is 1.87. The van der Waals surface area contributed by atoms with Gasteiger partial charge < -0.3 is 14.9 Å². The van der Waals surface area contributed by atoms with Crippen LogP contribution >= 0.6 is 0 Å². The number of carbonyl (C=O) groups excluding carboxylic acids is 1. The van der Waals surface area contributed by atoms with Gasteiger partial charge in [-0.25, -0.2) is 0 Å². The van der Waals surface area contributed by atoms with E-state index < -0.39 is 0 Å². The number of phenols is 1. The van der Waals surface area contributed by atoms with Gasteiger partial charge in [0.25, 0.3) is 0 Å². The molecule has 0 aromatic heterocycles. The molecule has 138 valence electrons. The van der Waals surface area contributed by atoms with Crippen molar-refractivity contribution in [3.8, 4) is 5.75 Å². The largest absolute Gasteiger partial charge is 0.508 e. The highest BCUT2D eigenvalue weighted by atomic mass is 16.3. The fourth-order valence-corrected chi connectivity index (χ4v) is 3.44. The van der Waals surface area contributed by atoms with Crippen molar-refractivity contribution in [3.05, 3.63) is 60.2 Å². The monoisotopic (exact) mass is 353 g/mol. The molecule has 0 radical (unpaired) electrons. The molecule has 1 fully saturated rings. The van der Waals surface area contributed by atoms with Crippen LogP contribution in [0, 0.1) is 0 Å². The van der Waals surface area contributed by atoms with E-state index in [0.717, 1.165) is 37.4 Å². The van der Waals surface area contributed by atoms with E-state index in [1.54, 1.807) is 12.1 Å². The Kier molecular flexibility index (Phi) is 5.78. The van der Waals surface area contributed by atoms with Crippen molar-refractivity contribution in [2.75, 3.05) is 38.1 Å². The third kappa shape index (κ3) is 4.35. The van der Waals surface area contributed by atoms with Crippen LogP contribution in [0.4, 0.5) is 5.69 Å². The lowest BCUT2D eigenvalue weighted by atomic mass is 10.1. The van der Waals surface area contributed by atoms with Gasteiger partial charge in [0.15, 0.2) is 0 Å². The minimum atomic E-state index is -0.120. The van der Waals surface area contributed by atoms with E-state index in [-0.39, 0.29) is 17.7 Å². The summed E-state index contributed by atoms with van der Waals surface area (Å²) in [6.07, 6.45) is 0. The van der Waals surface area contributed by atoms with E-state index in [4.69, 9.17) is 0 Å². The normalized spacial score (nSPS) is 16.3. The van der Waals surface area contributed by atoms with Crippen LogP contribution < -0.4 is 4.90 Å². The van der Waals surface area contributed by atoms with Crippen molar-refractivity contribution in [3.63, 3.8) is 0 Å². The van der Waals surface area contributed by atoms with Gasteiger partial charge in [0.2, 0.25) is 5.91 Å². The molecule has 2 aromatic carbocycles. The van der Waals surface area contributed by atoms with Crippen molar-refractivity contribution in [1.82, 2.24) is 9.80 Å². The average Bonchev–Trinajstić information content (AvgIpc) is 2.68. The minimum Gasteiger partial charge on any atom is -0.508 e. The molecule has 1 saturated heterocycles. The number of amides is 1. The first kappa shape index (κ1) is 18.3. The molecule has 26 heavy (non-hydrogen) atoms. The number of nitrogens with zero attached hydrogens (tertiary/aromatic N) is 3. The van der Waals surface area contributed by atoms with Gasteiger partial charge in [-0.05, 0) is 36.8 Å². The highest BCUT2D eigenvalue weighted by molar-refractivity contribution is 5.81. The van der Waals surface area contributed by atoms with Gasteiger partial charge in [0.1, 0.15) is 5.75 Å². The number of likely N-dealkylation sites (N-methyl/N-ethyl adjacent to an activating group) is 1. The Morgan fingerprint density at radius 3 is 2.27 bits per heavy atom. The molecule has 0 bridgehead atoms. The smallest absolute Gasteiger partial charge is 0.239 e. The van der Waals surface area contributed by atoms with E-state index in [1.165, 1.54) is 0 Å². The Bertz CT molecular complexity index is 710. The second-order valence-corrected chi connectivity index (χ2v) is 6.90. The van der Waals surface area contributed by atoms with Gasteiger partial charge in [0.05, 0.1) is 6.04 Å². The van der Waals surface area contributed by atoms with Crippen LogP contribution in [0.5, 0.6) is 5.75 Å². The molecule has 1 heterocycles. The van der Waals surface area contributed by atoms with Crippen LogP contribution in [0.1, 0.15) is 12.5 Å². The number of hydrogen-bond acceptors (Lipinski definition) is 4. The zero-order chi connectivity index (χ0) is 18.5. The van der Waals surface area contributed by atoms with Gasteiger partial charge in [-0.1, -0.05) is 30.3 Å². The Labute approximate surface area is 155 Å². The lowest BCUT2D eigenvalue weighted by Crippen LogP contribution is -2.54. The van der Waals surface area contributed by atoms with Crippen molar-refractivity contribution in [2.45, 2.75) is 19.5 Å². The second kappa shape index (κ2) is 8.23. The maximum absolute atomic E-state index is 12.8. The van der Waals surface area contributed by atoms with Crippen LogP contribution in [0.3, 0.4) is 0 Å². The Hall–Kier alpha value is -2.53. The van der Waals surface area contributed by atoms with E-state index in [9.17, 15) is 9.90 Å². The van der Waals surface area contributed by atoms with Crippen molar-refractivity contribution < 1.29 is 9.90 Å². The van der Waals surface area contributed by atoms with Crippen LogP contribution in [0.25, 0.3) is 0 Å². The summed E-state index contributed by atoms with van der Waals surface area (Å²) in [4.78, 5) is 19.1. The second-order valence-electron chi connectivity index (χ2n) is 6.90. The Morgan fingerprint density at radius 1 is 1.04 bits per heavy atom. The summed E-state index contributed by atoms with van der Waals surface area (Å²) in [5.41, 5.74) is 2.26. The molecule has 1 unspecified atom stereocenters. The molecule has 1 aliphatic heterocycles. The number of hydrogen-bond donors (Lipinski definition) is 1. The van der Waals surface area contributed by atoms with Crippen LogP contribution in [-0.4, -0.2) is 60.1 Å². The van der Waals surface area contributed by atoms with Gasteiger partial charge in [-0.2, -0.15) is 0 Å². The van der Waals surface area contributed by atoms with E-state index in [2.05, 4.69) is 9.80 Å². The number of benzene rings is 2. The Balaban J connectivity index is 1.53. The SMILES string of the molecule is CC(C(=O)N(C)Cc1ccccc1)N1CCN(c2ccc(O)cc2)CC1. The molecule has 1 atom stereocenters. The molecular formula is C21H27N3O2. The summed E-state index contributed by atoms with van der Waals surface area (Å²) >= 11 is 0. The van der Waals surface area contributed by atoms with E-state index in [0.29, 0.717) is 6.54 Å². The zero-order valence-corrected chi connectivity index (χ0v) is 15.5. The van der Waals surface area contributed by atoms with Gasteiger partial charge in [-0.15, -0.1) is 0 Å². The summed E-state index contributed by atoms with van der Waals surface area (Å²) < 4.78 is 0. The maximum atomic E-state index is 12.8. The third-order valence-electron chi connectivity index (χ3n) is 5.07. The highest BCUT2D eigenvalue weighted by Crippen LogP contribution is 2.20. The molecule has 5 nitrogen and oxygen atoms in total. The molecule has 1 amide bonds. The van der Waals surface area contributed by atoms with Crippen LogP contribution in [0.2, 0.25) is 0 Å². The molecule has 1 N–H and O–H groups in total. The third-order valence-corrected chi connectivity index (χ3v) is 5.07. The lowest BCUT2D eigenvalue weighted by Gasteiger charge is -2.39. The summed E-state index contributed by atoms with van der Waals surface area (Å²) in [5, 5.41) is 9.42. The molecule has 5 heteroatoms. The molecule has 3 rings (SSSR count). The Morgan fingerprint density at radius 2 is 1.65 bits per heavy atom. The zero-order valence-electron chi connectivity index (χ0n) is 15.5. The van der Waals surface area contributed by atoms with Crippen LogP contribution in [-0.2, 0) is 11.3 Å². The van der Waals surface area contributed by atoms with Gasteiger partial charge in [-0.3, -0.25) is 9.69 Å². The molecule has 0 spiro atoms.